The molecule has 0 aliphatic rings. The highest BCUT2D eigenvalue weighted by molar-refractivity contribution is 8.56. The van der Waals surface area contributed by atoms with Crippen LogP contribution in [-0.2, 0) is 117 Å². The number of hydrogen-bond donors (Lipinski definition) is 0. The maximum absolute atomic E-state index is 11.4. The molecule has 0 fully saturated rings. The van der Waals surface area contributed by atoms with E-state index in [1.165, 1.54) is 61.2 Å². The molecule has 0 spiro atoms. The fourth-order valence-corrected chi connectivity index (χ4v) is 25.0. The molecule has 0 saturated carbocycles. The van der Waals surface area contributed by atoms with Gasteiger partial charge in [0.2, 0.25) is 7.11 Å². The molecule has 0 bridgehead atoms. The molecular weight excluding hydrogens is 1590 g/mol. The third kappa shape index (κ3) is 81.6. The number of rotatable bonds is 44. The van der Waals surface area contributed by atoms with Crippen LogP contribution in [0.4, 0.5) is 0 Å². The van der Waals surface area contributed by atoms with Gasteiger partial charge >= 0.3 is 27.2 Å². The van der Waals surface area contributed by atoms with Crippen molar-refractivity contribution in [3.63, 3.8) is 0 Å². The standard InChI is InChI=1S/C6H14O5PS2.2C6H15O4PS2.C6H15O3PS2.C4H8Cl2O2S.2C4H8Cl2OS.C4H8Cl2S/c1-4-14(8,9)6-5-13-12(7,10-2)11-3;2*1-4-13(8)6-5-12-11(7,9-2)10-3;1-4-11-5-6-12-10(7,8-2)9-3;5-1-3-9(7,8)4-2-6;2*5-1-3-8(7)4-2-6;5-1-3-7-4-2-6/h2,4-6H2,1,3H3;2*4-6H2,1-3H3;4-6H2,1-3H3;1-4H2;2*1-4H2;1-4H2/q+1;;;;;;;. The first kappa shape index (κ1) is 105. The Balaban J connectivity index is -0.000000132. The summed E-state index contributed by atoms with van der Waals surface area (Å²) in [7, 11) is 3.23. The van der Waals surface area contributed by atoms with E-state index in [2.05, 4.69) is 23.1 Å². The molecule has 3 unspecified atom stereocenters. The smallest absolute Gasteiger partial charge is 0.304 e. The number of alkyl halides is 8. The van der Waals surface area contributed by atoms with Gasteiger partial charge in [0.25, 0.3) is 0 Å². The lowest BCUT2D eigenvalue weighted by Gasteiger charge is -2.11. The van der Waals surface area contributed by atoms with E-state index in [9.17, 15) is 51.9 Å². The molecule has 0 aromatic heterocycles. The van der Waals surface area contributed by atoms with E-state index in [-0.39, 0.29) is 40.5 Å². The molecule has 84 heavy (non-hydrogen) atoms. The molecule has 3 atom stereocenters. The van der Waals surface area contributed by atoms with Crippen LogP contribution in [0.5, 0.6) is 0 Å². The maximum atomic E-state index is 11.4. The molecule has 0 saturated heterocycles. The summed E-state index contributed by atoms with van der Waals surface area (Å²) in [5, 5.41) is 0. The Morgan fingerprint density at radius 2 is 0.679 bits per heavy atom. The van der Waals surface area contributed by atoms with E-state index in [0.29, 0.717) is 81.0 Å². The second kappa shape index (κ2) is 74.2. The van der Waals surface area contributed by atoms with Crippen LogP contribution in [0.25, 0.3) is 0 Å². The Morgan fingerprint density at radius 3 is 0.917 bits per heavy atom. The Labute approximate surface area is 580 Å². The normalized spacial score (nSPS) is 12.9. The fraction of sp³-hybridized carbons (Fsp3) is 0.975. The van der Waals surface area contributed by atoms with Gasteiger partial charge in [-0.3, -0.25) is 16.8 Å². The lowest BCUT2D eigenvalue weighted by Crippen LogP contribution is -2.12. The molecule has 0 aromatic carbocycles. The van der Waals surface area contributed by atoms with Crippen molar-refractivity contribution in [3.05, 3.63) is 7.11 Å². The minimum absolute atomic E-state index is 0.0290. The molecule has 44 heteroatoms. The van der Waals surface area contributed by atoms with Gasteiger partial charge < -0.3 is 31.7 Å². The summed E-state index contributed by atoms with van der Waals surface area (Å²) in [4.78, 5) is 0. The third-order valence-corrected chi connectivity index (χ3v) is 38.2. The molecular formula is C40H91Cl8O20P4S12+. The largest absolute Gasteiger partial charge is 0.429 e. The Hall–Kier alpha value is 5.39. The second-order valence-corrected chi connectivity index (χ2v) is 48.4. The Kier molecular flexibility index (Phi) is 93.1. The number of hydrogen-bond acceptors (Lipinski definition) is 26. The van der Waals surface area contributed by atoms with Crippen LogP contribution in [0.15, 0.2) is 0 Å². The molecule has 0 rings (SSSR count). The van der Waals surface area contributed by atoms with E-state index < -0.39 is 90.1 Å². The molecule has 0 aliphatic heterocycles. The Morgan fingerprint density at radius 1 is 0.369 bits per heavy atom. The average Bonchev–Trinajstić information content (AvgIpc) is 3.47. The first-order chi connectivity index (χ1) is 39.4. The molecule has 0 heterocycles. The topological polar surface area (TPSA) is 279 Å². The summed E-state index contributed by atoms with van der Waals surface area (Å²) in [6.07, 6.45) is 0. The second-order valence-electron chi connectivity index (χ2n) is 13.3. The zero-order chi connectivity index (χ0) is 67.0. The predicted octanol–water partition coefficient (Wildman–Crippen LogP) is 13.9. The molecule has 0 aromatic rings. The summed E-state index contributed by atoms with van der Waals surface area (Å²) in [5.41, 5.74) is 0. The SMILES string of the molecule is CCS(=O)CCSP(=O)(OC)OC.CCS(=O)CCSP(=O)(OC)OC.CCSCCSP(=O)(OC)OC.ClCCSCCCl.O=S(=O)(CCCl)CCCl.O=S(CCCl)CCCl.O=S(CCCl)CCCl.[CH2+]OP(=O)(OC)SCCS(=O)(=O)CC. The fourth-order valence-electron chi connectivity index (χ4n) is 3.32. The molecule has 518 valence electrons. The van der Waals surface area contributed by atoms with Crippen molar-refractivity contribution in [1.82, 2.24) is 0 Å². The lowest BCUT2D eigenvalue weighted by molar-refractivity contribution is 0.294. The van der Waals surface area contributed by atoms with Gasteiger partial charge in [0, 0.05) is 232 Å². The van der Waals surface area contributed by atoms with Crippen LogP contribution < -0.4 is 0 Å². The molecule has 0 amide bonds. The summed E-state index contributed by atoms with van der Waals surface area (Å²) in [5.74, 6) is 14.4. The van der Waals surface area contributed by atoms with Gasteiger partial charge in [0.05, 0.1) is 17.3 Å². The van der Waals surface area contributed by atoms with E-state index in [1.54, 1.807) is 18.7 Å². The zero-order valence-corrected chi connectivity index (χ0v) is 68.8. The summed E-state index contributed by atoms with van der Waals surface area (Å²) in [6, 6.07) is 0. The van der Waals surface area contributed by atoms with Gasteiger partial charge in [0.1, 0.15) is 0 Å². The number of sulfone groups is 2. The molecule has 0 radical (unpaired) electrons. The molecule has 0 N–H and O–H groups in total. The summed E-state index contributed by atoms with van der Waals surface area (Å²) in [6.45, 7) is -4.62. The molecule has 20 nitrogen and oxygen atoms in total. The maximum Gasteiger partial charge on any atom is 0.429 e. The van der Waals surface area contributed by atoms with Crippen LogP contribution in [0, 0.1) is 7.11 Å². The highest BCUT2D eigenvalue weighted by Gasteiger charge is 2.27. The minimum Gasteiger partial charge on any atom is -0.304 e. The van der Waals surface area contributed by atoms with Crippen LogP contribution >= 0.6 is 189 Å². The van der Waals surface area contributed by atoms with Crippen molar-refractivity contribution in [2.45, 2.75) is 27.7 Å². The Bertz CT molecular complexity index is 1870. The van der Waals surface area contributed by atoms with Gasteiger partial charge in [-0.1, -0.05) is 27.7 Å². The van der Waals surface area contributed by atoms with Crippen LogP contribution in [0.3, 0.4) is 0 Å². The minimum atomic E-state index is -3.24. The van der Waals surface area contributed by atoms with E-state index in [1.807, 2.05) is 25.6 Å². The van der Waals surface area contributed by atoms with Gasteiger partial charge in [-0.05, 0) is 51.3 Å². The molecule has 0 aliphatic carbocycles. The van der Waals surface area contributed by atoms with Crippen molar-refractivity contribution >= 4 is 252 Å². The third-order valence-electron chi connectivity index (χ3n) is 7.69. The van der Waals surface area contributed by atoms with Crippen molar-refractivity contribution in [2.75, 3.05) is 212 Å². The van der Waals surface area contributed by atoms with E-state index in [0.717, 1.165) is 74.7 Å². The zero-order valence-electron chi connectivity index (χ0n) is 49.4. The highest BCUT2D eigenvalue weighted by Crippen LogP contribution is 2.61. The lowest BCUT2D eigenvalue weighted by atomic mass is 10.9. The monoisotopic (exact) mass is 1680 g/mol. The van der Waals surface area contributed by atoms with Crippen molar-refractivity contribution in [1.29, 1.82) is 0 Å². The average molecular weight is 1680 g/mol. The quantitative estimate of drug-likeness (QED) is 0.0237. The van der Waals surface area contributed by atoms with Crippen molar-refractivity contribution in [3.8, 4) is 0 Å². The van der Waals surface area contributed by atoms with E-state index in [4.69, 9.17) is 120 Å². The highest BCUT2D eigenvalue weighted by atomic mass is 35.5. The first-order valence-electron chi connectivity index (χ1n) is 24.1. The first-order valence-corrected chi connectivity index (χ1v) is 52.9. The number of halogens is 8. The van der Waals surface area contributed by atoms with Gasteiger partial charge in [-0.15, -0.1) is 97.3 Å². The van der Waals surface area contributed by atoms with Crippen LogP contribution in [0.2, 0.25) is 0 Å². The predicted molar refractivity (Wildman–Crippen MR) is 388 cm³/mol. The summed E-state index contributed by atoms with van der Waals surface area (Å²) >= 11 is 50.2. The van der Waals surface area contributed by atoms with Gasteiger partial charge in [-0.2, -0.15) is 23.5 Å². The van der Waals surface area contributed by atoms with Crippen molar-refractivity contribution in [2.24, 2.45) is 0 Å². The van der Waals surface area contributed by atoms with Gasteiger partial charge in [0.15, 0.2) is 19.7 Å². The van der Waals surface area contributed by atoms with Crippen LogP contribution in [-0.4, -0.2) is 246 Å². The van der Waals surface area contributed by atoms with Crippen molar-refractivity contribution < 1.29 is 88.1 Å². The number of thioether (sulfide) groups is 2. The van der Waals surface area contributed by atoms with E-state index >= 15 is 0 Å². The van der Waals surface area contributed by atoms with Crippen LogP contribution in [0.1, 0.15) is 27.7 Å². The van der Waals surface area contributed by atoms with Gasteiger partial charge in [-0.25, -0.2) is 35.1 Å². The summed E-state index contributed by atoms with van der Waals surface area (Å²) < 4.78 is 170.